The van der Waals surface area contributed by atoms with Gasteiger partial charge in [0, 0.05) is 37.8 Å². The van der Waals surface area contributed by atoms with E-state index in [1.165, 1.54) is 45.1 Å². The highest BCUT2D eigenvalue weighted by Crippen LogP contribution is 2.31. The maximum atomic E-state index is 12.7. The molecule has 0 aromatic carbocycles. The molecule has 1 aliphatic heterocycles. The van der Waals surface area contributed by atoms with Crippen molar-refractivity contribution in [3.05, 3.63) is 24.1 Å². The van der Waals surface area contributed by atoms with Crippen molar-refractivity contribution >= 4 is 17.0 Å². The van der Waals surface area contributed by atoms with Crippen molar-refractivity contribution in [3.63, 3.8) is 0 Å². The lowest BCUT2D eigenvalue weighted by molar-refractivity contribution is 0.0937. The second kappa shape index (κ2) is 7.87. The third-order valence-electron chi connectivity index (χ3n) is 6.27. The molecule has 2 aliphatic rings. The van der Waals surface area contributed by atoms with Crippen LogP contribution in [0.2, 0.25) is 0 Å². The number of amides is 1. The minimum Gasteiger partial charge on any atom is -0.463 e. The third-order valence-corrected chi connectivity index (χ3v) is 6.27. The first kappa shape index (κ1) is 17.7. The summed E-state index contributed by atoms with van der Waals surface area (Å²) in [6.07, 6.45) is 10.5. The van der Waals surface area contributed by atoms with E-state index in [2.05, 4.69) is 21.7 Å². The molecule has 1 N–H and O–H groups in total. The molecule has 5 nitrogen and oxygen atoms in total. The van der Waals surface area contributed by atoms with Gasteiger partial charge in [-0.3, -0.25) is 4.79 Å². The van der Waals surface area contributed by atoms with Crippen LogP contribution < -0.4 is 5.32 Å². The maximum absolute atomic E-state index is 12.7. The summed E-state index contributed by atoms with van der Waals surface area (Å²) >= 11 is 0. The van der Waals surface area contributed by atoms with Gasteiger partial charge in [0.05, 0.1) is 11.8 Å². The zero-order valence-corrected chi connectivity index (χ0v) is 15.9. The van der Waals surface area contributed by atoms with Crippen molar-refractivity contribution in [3.8, 4) is 0 Å². The Kier molecular flexibility index (Phi) is 5.34. The van der Waals surface area contributed by atoms with E-state index in [4.69, 9.17) is 4.42 Å². The Bertz CT molecular complexity index is 744. The minimum atomic E-state index is 0.0300. The fourth-order valence-electron chi connectivity index (χ4n) is 4.36. The molecule has 3 heterocycles. The summed E-state index contributed by atoms with van der Waals surface area (Å²) in [4.78, 5) is 15.3. The summed E-state index contributed by atoms with van der Waals surface area (Å²) in [6, 6.07) is 4.56. The van der Waals surface area contributed by atoms with Crippen LogP contribution >= 0.6 is 0 Å². The Hall–Kier alpha value is -1.75. The van der Waals surface area contributed by atoms with Crippen LogP contribution in [-0.4, -0.2) is 41.1 Å². The number of likely N-dealkylation sites (tertiary alicyclic amines) is 1. The molecule has 4 rings (SSSR count). The van der Waals surface area contributed by atoms with E-state index in [9.17, 15) is 4.79 Å². The van der Waals surface area contributed by atoms with Crippen molar-refractivity contribution in [2.24, 2.45) is 5.92 Å². The molecule has 1 saturated heterocycles. The molecule has 1 aliphatic carbocycles. The summed E-state index contributed by atoms with van der Waals surface area (Å²) in [5.41, 5.74) is 2.61. The number of carbonyl (C=O) groups excluding carboxylic acids is 1. The van der Waals surface area contributed by atoms with E-state index in [1.54, 1.807) is 6.26 Å². The molecule has 0 bridgehead atoms. The van der Waals surface area contributed by atoms with E-state index in [1.807, 2.05) is 12.1 Å². The van der Waals surface area contributed by atoms with Gasteiger partial charge in [-0.2, -0.15) is 0 Å². The third kappa shape index (κ3) is 3.68. The van der Waals surface area contributed by atoms with Crippen molar-refractivity contribution in [1.29, 1.82) is 0 Å². The number of piperidine rings is 1. The molecule has 1 saturated carbocycles. The van der Waals surface area contributed by atoms with Gasteiger partial charge < -0.3 is 19.2 Å². The summed E-state index contributed by atoms with van der Waals surface area (Å²) < 4.78 is 7.69. The number of hydrogen-bond acceptors (Lipinski definition) is 3. The Labute approximate surface area is 155 Å². The van der Waals surface area contributed by atoms with Crippen molar-refractivity contribution < 1.29 is 9.21 Å². The molecule has 2 aromatic rings. The van der Waals surface area contributed by atoms with Gasteiger partial charge in [-0.1, -0.05) is 12.8 Å². The van der Waals surface area contributed by atoms with Crippen LogP contribution in [0, 0.1) is 5.92 Å². The van der Waals surface area contributed by atoms with Crippen LogP contribution in [0.3, 0.4) is 0 Å². The fraction of sp³-hybridized carbons (Fsp3) is 0.667. The SMILES string of the molecule is CC1CCCCN1CCCNC(=O)c1cc2occc2n1CC1CCC1. The lowest BCUT2D eigenvalue weighted by Crippen LogP contribution is -2.39. The molecule has 1 atom stereocenters. The zero-order chi connectivity index (χ0) is 17.9. The molecule has 26 heavy (non-hydrogen) atoms. The second-order valence-electron chi connectivity index (χ2n) is 8.10. The van der Waals surface area contributed by atoms with Crippen molar-refractivity contribution in [1.82, 2.24) is 14.8 Å². The quantitative estimate of drug-likeness (QED) is 0.761. The number of nitrogens with zero attached hydrogens (tertiary/aromatic N) is 2. The highest BCUT2D eigenvalue weighted by atomic mass is 16.3. The van der Waals surface area contributed by atoms with Gasteiger partial charge in [0.1, 0.15) is 5.69 Å². The number of fused-ring (bicyclic) bond motifs is 1. The molecule has 1 unspecified atom stereocenters. The van der Waals surface area contributed by atoms with E-state index in [0.717, 1.165) is 42.8 Å². The highest BCUT2D eigenvalue weighted by Gasteiger charge is 2.23. The summed E-state index contributed by atoms with van der Waals surface area (Å²) in [5, 5.41) is 3.13. The second-order valence-corrected chi connectivity index (χ2v) is 8.10. The molecular weight excluding hydrogens is 326 g/mol. The number of rotatable bonds is 7. The predicted octanol–water partition coefficient (Wildman–Crippen LogP) is 4.03. The van der Waals surface area contributed by atoms with Crippen LogP contribution in [-0.2, 0) is 6.54 Å². The first-order valence-electron chi connectivity index (χ1n) is 10.3. The average molecular weight is 357 g/mol. The van der Waals surface area contributed by atoms with Crippen LogP contribution in [0.25, 0.3) is 11.1 Å². The average Bonchev–Trinajstić information content (AvgIpc) is 3.18. The standard InChI is InChI=1S/C21H31N3O2/c1-16-6-2-3-11-23(16)12-5-10-22-21(25)19-14-20-18(9-13-26-20)24(19)15-17-7-4-8-17/h9,13-14,16-17H,2-8,10-12,15H2,1H3,(H,22,25). The van der Waals surface area contributed by atoms with Crippen LogP contribution in [0.1, 0.15) is 62.4 Å². The first-order valence-corrected chi connectivity index (χ1v) is 10.3. The van der Waals surface area contributed by atoms with E-state index >= 15 is 0 Å². The monoisotopic (exact) mass is 357 g/mol. The van der Waals surface area contributed by atoms with Crippen LogP contribution in [0.15, 0.2) is 22.8 Å². The predicted molar refractivity (Wildman–Crippen MR) is 103 cm³/mol. The molecule has 2 aromatic heterocycles. The van der Waals surface area contributed by atoms with Gasteiger partial charge in [0.2, 0.25) is 0 Å². The zero-order valence-electron chi connectivity index (χ0n) is 15.9. The van der Waals surface area contributed by atoms with E-state index < -0.39 is 0 Å². The van der Waals surface area contributed by atoms with Crippen molar-refractivity contribution in [2.75, 3.05) is 19.6 Å². The smallest absolute Gasteiger partial charge is 0.268 e. The maximum Gasteiger partial charge on any atom is 0.268 e. The lowest BCUT2D eigenvalue weighted by atomic mass is 9.85. The lowest BCUT2D eigenvalue weighted by Gasteiger charge is -2.33. The van der Waals surface area contributed by atoms with Gasteiger partial charge in [-0.15, -0.1) is 0 Å². The number of aromatic nitrogens is 1. The van der Waals surface area contributed by atoms with E-state index in [-0.39, 0.29) is 5.91 Å². The van der Waals surface area contributed by atoms with Crippen molar-refractivity contribution in [2.45, 2.75) is 64.5 Å². The highest BCUT2D eigenvalue weighted by molar-refractivity contribution is 5.97. The molecule has 0 spiro atoms. The van der Waals surface area contributed by atoms with Gasteiger partial charge in [-0.25, -0.2) is 0 Å². The van der Waals surface area contributed by atoms with Gasteiger partial charge >= 0.3 is 0 Å². The summed E-state index contributed by atoms with van der Waals surface area (Å²) in [5.74, 6) is 0.732. The normalized spacial score (nSPS) is 21.8. The Morgan fingerprint density at radius 2 is 2.15 bits per heavy atom. The number of hydrogen-bond donors (Lipinski definition) is 1. The van der Waals surface area contributed by atoms with Gasteiger partial charge in [0.25, 0.3) is 5.91 Å². The van der Waals surface area contributed by atoms with Gasteiger partial charge in [0.15, 0.2) is 5.58 Å². The number of furan rings is 1. The Morgan fingerprint density at radius 1 is 1.27 bits per heavy atom. The van der Waals surface area contributed by atoms with Gasteiger partial charge in [-0.05, 0) is 51.5 Å². The fourth-order valence-corrected chi connectivity index (χ4v) is 4.36. The summed E-state index contributed by atoms with van der Waals surface area (Å²) in [7, 11) is 0. The molecule has 0 radical (unpaired) electrons. The topological polar surface area (TPSA) is 50.4 Å². The molecule has 2 fully saturated rings. The minimum absolute atomic E-state index is 0.0300. The van der Waals surface area contributed by atoms with Crippen LogP contribution in [0.4, 0.5) is 0 Å². The molecule has 142 valence electrons. The summed E-state index contributed by atoms with van der Waals surface area (Å²) in [6.45, 7) is 6.26. The van der Waals surface area contributed by atoms with Crippen LogP contribution in [0.5, 0.6) is 0 Å². The largest absolute Gasteiger partial charge is 0.463 e. The molecule has 5 heteroatoms. The molecule has 1 amide bonds. The Balaban J connectivity index is 1.33. The number of carbonyl (C=O) groups is 1. The first-order chi connectivity index (χ1) is 12.7. The molecular formula is C21H31N3O2. The number of nitrogens with one attached hydrogen (secondary N) is 1. The Morgan fingerprint density at radius 3 is 2.92 bits per heavy atom. The van der Waals surface area contributed by atoms with E-state index in [0.29, 0.717) is 12.0 Å².